The molecule has 2 rings (SSSR count). The van der Waals surface area contributed by atoms with Gasteiger partial charge in [-0.2, -0.15) is 5.10 Å². The monoisotopic (exact) mass is 292 g/mol. The van der Waals surface area contributed by atoms with Gasteiger partial charge in [0.05, 0.1) is 16.8 Å². The number of para-hydroxylation sites is 1. The van der Waals surface area contributed by atoms with Crippen LogP contribution in [0.4, 0.5) is 4.39 Å². The molecule has 20 heavy (non-hydrogen) atoms. The van der Waals surface area contributed by atoms with Crippen molar-refractivity contribution >= 4 is 23.7 Å². The van der Waals surface area contributed by atoms with Crippen molar-refractivity contribution in [1.82, 2.24) is 5.43 Å². The van der Waals surface area contributed by atoms with Crippen molar-refractivity contribution in [3.63, 3.8) is 0 Å². The van der Waals surface area contributed by atoms with E-state index in [0.717, 1.165) is 6.21 Å². The number of rotatable bonds is 3. The van der Waals surface area contributed by atoms with Crippen LogP contribution in [0.3, 0.4) is 0 Å². The average Bonchev–Trinajstić information content (AvgIpc) is 2.42. The number of hydrogen-bond acceptors (Lipinski definition) is 3. The first-order chi connectivity index (χ1) is 9.59. The van der Waals surface area contributed by atoms with Crippen molar-refractivity contribution in [2.75, 3.05) is 0 Å². The molecule has 0 fully saturated rings. The van der Waals surface area contributed by atoms with Crippen LogP contribution in [0.2, 0.25) is 5.02 Å². The Morgan fingerprint density at radius 3 is 2.70 bits per heavy atom. The van der Waals surface area contributed by atoms with Gasteiger partial charge in [-0.05, 0) is 24.3 Å². The van der Waals surface area contributed by atoms with Gasteiger partial charge in [0.25, 0.3) is 5.91 Å². The summed E-state index contributed by atoms with van der Waals surface area (Å²) in [7, 11) is 0. The molecule has 1 amide bonds. The molecule has 6 heteroatoms. The summed E-state index contributed by atoms with van der Waals surface area (Å²) in [5.74, 6) is -1.31. The molecular weight excluding hydrogens is 283 g/mol. The summed E-state index contributed by atoms with van der Waals surface area (Å²) in [6, 6.07) is 10.2. The highest BCUT2D eigenvalue weighted by Gasteiger charge is 2.09. The van der Waals surface area contributed by atoms with Crippen molar-refractivity contribution in [1.29, 1.82) is 0 Å². The Hall–Kier alpha value is -2.40. The lowest BCUT2D eigenvalue weighted by Crippen LogP contribution is -2.17. The first-order valence-corrected chi connectivity index (χ1v) is 6.03. The maximum absolute atomic E-state index is 13.4. The normalized spacial score (nSPS) is 10.7. The van der Waals surface area contributed by atoms with E-state index in [1.165, 1.54) is 30.3 Å². The molecule has 102 valence electrons. The number of carbonyl (C=O) groups is 1. The maximum atomic E-state index is 13.4. The molecule has 2 N–H and O–H groups in total. The number of amides is 1. The largest absolute Gasteiger partial charge is 0.507 e. The minimum atomic E-state index is -0.605. The van der Waals surface area contributed by atoms with E-state index < -0.39 is 11.7 Å². The zero-order chi connectivity index (χ0) is 14.5. The predicted molar refractivity (Wildman–Crippen MR) is 74.6 cm³/mol. The van der Waals surface area contributed by atoms with E-state index in [-0.39, 0.29) is 21.9 Å². The standard InChI is InChI=1S/C14H10ClFN2O2/c15-11-5-3-6-12(16)10(11)8-17-18-14(20)9-4-1-2-7-13(9)19/h1-8,19H,(H,18,20)/b17-8-. The minimum absolute atomic E-state index is 0.0734. The zero-order valence-electron chi connectivity index (χ0n) is 10.2. The SMILES string of the molecule is O=C(N/N=C\c1c(F)cccc1Cl)c1ccccc1O. The fraction of sp³-hybridized carbons (Fsp3) is 0. The second-order valence-electron chi connectivity index (χ2n) is 3.85. The van der Waals surface area contributed by atoms with Gasteiger partial charge in [-0.1, -0.05) is 29.8 Å². The van der Waals surface area contributed by atoms with Crippen molar-refractivity contribution in [3.05, 3.63) is 64.4 Å². The van der Waals surface area contributed by atoms with Crippen LogP contribution in [-0.4, -0.2) is 17.2 Å². The average molecular weight is 293 g/mol. The van der Waals surface area contributed by atoms with Gasteiger partial charge in [0.15, 0.2) is 0 Å². The Bertz CT molecular complexity index is 654. The maximum Gasteiger partial charge on any atom is 0.275 e. The predicted octanol–water partition coefficient (Wildman–Crippen LogP) is 2.95. The Labute approximate surface area is 119 Å². The van der Waals surface area contributed by atoms with Gasteiger partial charge in [-0.25, -0.2) is 9.82 Å². The molecule has 0 saturated carbocycles. The van der Waals surface area contributed by atoms with Gasteiger partial charge in [0.1, 0.15) is 11.6 Å². The van der Waals surface area contributed by atoms with Crippen LogP contribution < -0.4 is 5.43 Å². The van der Waals surface area contributed by atoms with Crippen LogP contribution in [0.1, 0.15) is 15.9 Å². The molecule has 0 heterocycles. The first-order valence-electron chi connectivity index (χ1n) is 5.65. The Morgan fingerprint density at radius 1 is 1.25 bits per heavy atom. The Kier molecular flexibility index (Phi) is 4.32. The van der Waals surface area contributed by atoms with Crippen molar-refractivity contribution < 1.29 is 14.3 Å². The summed E-state index contributed by atoms with van der Waals surface area (Å²) in [5.41, 5.74) is 2.34. The number of carbonyl (C=O) groups excluding carboxylic acids is 1. The van der Waals surface area contributed by atoms with Crippen LogP contribution in [0.25, 0.3) is 0 Å². The third-order valence-corrected chi connectivity index (χ3v) is 2.84. The molecule has 2 aromatic carbocycles. The topological polar surface area (TPSA) is 61.7 Å². The number of hydrazone groups is 1. The van der Waals surface area contributed by atoms with E-state index >= 15 is 0 Å². The lowest BCUT2D eigenvalue weighted by atomic mass is 10.2. The van der Waals surface area contributed by atoms with Crippen LogP contribution in [0.15, 0.2) is 47.6 Å². The molecule has 0 spiro atoms. The van der Waals surface area contributed by atoms with Crippen LogP contribution in [-0.2, 0) is 0 Å². The molecule has 0 radical (unpaired) electrons. The fourth-order valence-electron chi connectivity index (χ4n) is 1.52. The van der Waals surface area contributed by atoms with Crippen molar-refractivity contribution in [2.45, 2.75) is 0 Å². The molecule has 0 aliphatic heterocycles. The smallest absolute Gasteiger partial charge is 0.275 e. The second-order valence-corrected chi connectivity index (χ2v) is 4.26. The highest BCUT2D eigenvalue weighted by atomic mass is 35.5. The Morgan fingerprint density at radius 2 is 2.00 bits per heavy atom. The van der Waals surface area contributed by atoms with Gasteiger partial charge >= 0.3 is 0 Å². The van der Waals surface area contributed by atoms with Gasteiger partial charge in [-0.15, -0.1) is 0 Å². The van der Waals surface area contributed by atoms with E-state index in [2.05, 4.69) is 10.5 Å². The zero-order valence-corrected chi connectivity index (χ0v) is 10.9. The molecule has 0 atom stereocenters. The molecule has 0 saturated heterocycles. The van der Waals surface area contributed by atoms with Crippen molar-refractivity contribution in [3.8, 4) is 5.75 Å². The lowest BCUT2D eigenvalue weighted by molar-refractivity contribution is 0.0952. The molecule has 0 aliphatic rings. The van der Waals surface area contributed by atoms with Crippen LogP contribution in [0.5, 0.6) is 5.75 Å². The molecule has 0 bridgehead atoms. The summed E-state index contributed by atoms with van der Waals surface area (Å²) < 4.78 is 13.4. The van der Waals surface area contributed by atoms with E-state index in [9.17, 15) is 14.3 Å². The number of aromatic hydroxyl groups is 1. The van der Waals surface area contributed by atoms with E-state index in [0.29, 0.717) is 0 Å². The number of hydrogen-bond donors (Lipinski definition) is 2. The highest BCUT2D eigenvalue weighted by molar-refractivity contribution is 6.33. The molecule has 4 nitrogen and oxygen atoms in total. The first kappa shape index (κ1) is 14.0. The quantitative estimate of drug-likeness (QED) is 0.675. The van der Waals surface area contributed by atoms with Gasteiger partial charge in [0.2, 0.25) is 0 Å². The summed E-state index contributed by atoms with van der Waals surface area (Å²) in [6.07, 6.45) is 1.11. The number of benzene rings is 2. The molecule has 0 aromatic heterocycles. The number of nitrogens with zero attached hydrogens (tertiary/aromatic N) is 1. The van der Waals surface area contributed by atoms with Crippen LogP contribution >= 0.6 is 11.6 Å². The number of nitrogens with one attached hydrogen (secondary N) is 1. The van der Waals surface area contributed by atoms with E-state index in [4.69, 9.17) is 11.6 Å². The number of phenols is 1. The van der Waals surface area contributed by atoms with Gasteiger partial charge < -0.3 is 5.11 Å². The van der Waals surface area contributed by atoms with Crippen molar-refractivity contribution in [2.24, 2.45) is 5.10 Å². The summed E-state index contributed by atoms with van der Waals surface area (Å²) >= 11 is 5.80. The van der Waals surface area contributed by atoms with E-state index in [1.807, 2.05) is 0 Å². The van der Waals surface area contributed by atoms with Crippen LogP contribution in [0, 0.1) is 5.82 Å². The van der Waals surface area contributed by atoms with E-state index in [1.54, 1.807) is 12.1 Å². The number of phenolic OH excluding ortho intramolecular Hbond substituents is 1. The summed E-state index contributed by atoms with van der Waals surface area (Å²) in [6.45, 7) is 0. The highest BCUT2D eigenvalue weighted by Crippen LogP contribution is 2.17. The minimum Gasteiger partial charge on any atom is -0.507 e. The lowest BCUT2D eigenvalue weighted by Gasteiger charge is -2.02. The fourth-order valence-corrected chi connectivity index (χ4v) is 1.73. The molecular formula is C14H10ClFN2O2. The molecule has 0 aliphatic carbocycles. The third kappa shape index (κ3) is 3.13. The van der Waals surface area contributed by atoms with Gasteiger partial charge in [0, 0.05) is 5.56 Å². The summed E-state index contributed by atoms with van der Waals surface area (Å²) in [5, 5.41) is 13.3. The molecule has 0 unspecified atom stereocenters. The summed E-state index contributed by atoms with van der Waals surface area (Å²) in [4.78, 5) is 11.7. The molecule has 2 aromatic rings. The Balaban J connectivity index is 2.11. The second kappa shape index (κ2) is 6.16. The number of halogens is 2. The third-order valence-electron chi connectivity index (χ3n) is 2.51. The van der Waals surface area contributed by atoms with Gasteiger partial charge in [-0.3, -0.25) is 4.79 Å².